The van der Waals surface area contributed by atoms with Gasteiger partial charge >= 0.3 is 6.09 Å². The molecule has 1 N–H and O–H groups in total. The minimum atomic E-state index is -0.329. The number of aromatic nitrogens is 1. The van der Waals surface area contributed by atoms with Gasteiger partial charge in [-0.05, 0) is 51.7 Å². The van der Waals surface area contributed by atoms with E-state index < -0.39 is 0 Å². The molecule has 1 aromatic carbocycles. The lowest BCUT2D eigenvalue weighted by Crippen LogP contribution is -2.38. The van der Waals surface area contributed by atoms with E-state index in [1.54, 1.807) is 11.3 Å². The van der Waals surface area contributed by atoms with Crippen LogP contribution in [0.3, 0.4) is 0 Å². The number of carbonyl (C=O) groups is 1. The summed E-state index contributed by atoms with van der Waals surface area (Å²) in [4.78, 5) is 17.4. The van der Waals surface area contributed by atoms with Gasteiger partial charge in [0.2, 0.25) is 0 Å². The molecule has 0 aliphatic heterocycles. The van der Waals surface area contributed by atoms with Crippen LogP contribution in [0.1, 0.15) is 50.5 Å². The summed E-state index contributed by atoms with van der Waals surface area (Å²) in [6.45, 7) is 3.69. The number of nitrogens with one attached hydrogen (secondary N) is 1. The lowest BCUT2D eigenvalue weighted by Gasteiger charge is -2.28. The molecule has 144 valence electrons. The molecule has 0 saturated heterocycles. The van der Waals surface area contributed by atoms with Crippen LogP contribution in [0.2, 0.25) is 0 Å². The Morgan fingerprint density at radius 3 is 2.74 bits per heavy atom. The average molecular weight is 469 g/mol. The summed E-state index contributed by atoms with van der Waals surface area (Å²) in [6.07, 6.45) is 5.28. The van der Waals surface area contributed by atoms with Crippen molar-refractivity contribution in [2.24, 2.45) is 0 Å². The van der Waals surface area contributed by atoms with Crippen molar-refractivity contribution in [1.82, 2.24) is 10.3 Å². The lowest BCUT2D eigenvalue weighted by atomic mass is 9.86. The molecule has 0 unspecified atom stereocenters. The third-order valence-corrected chi connectivity index (χ3v) is 6.84. The number of benzene rings is 1. The molecular formula is C19H22BrN2O3PS. The monoisotopic (exact) mass is 468 g/mol. The number of hydrogen-bond donors (Lipinski definition) is 1. The largest absolute Gasteiger partial charge is 0.447 e. The van der Waals surface area contributed by atoms with E-state index in [4.69, 9.17) is 4.74 Å². The Balaban J connectivity index is 1.62. The molecule has 0 atom stereocenters. The molecule has 1 amide bonds. The van der Waals surface area contributed by atoms with Crippen molar-refractivity contribution in [3.63, 3.8) is 0 Å². The fourth-order valence-corrected chi connectivity index (χ4v) is 5.51. The number of hydrogen-bond acceptors (Lipinski definition) is 5. The summed E-state index contributed by atoms with van der Waals surface area (Å²) in [6, 6.07) is 5.97. The van der Waals surface area contributed by atoms with Crippen LogP contribution in [0, 0.1) is 0 Å². The van der Waals surface area contributed by atoms with Crippen LogP contribution in [-0.4, -0.2) is 23.2 Å². The number of halogens is 1. The molecule has 0 radical (unpaired) electrons. The van der Waals surface area contributed by atoms with E-state index in [0.717, 1.165) is 50.9 Å². The maximum absolute atomic E-state index is 11.7. The predicted molar refractivity (Wildman–Crippen MR) is 112 cm³/mol. The summed E-state index contributed by atoms with van der Waals surface area (Å²) in [7, 11) is 0.00552. The highest BCUT2D eigenvalue weighted by Gasteiger charge is 2.26. The van der Waals surface area contributed by atoms with Gasteiger partial charge in [0.15, 0.2) is 8.46 Å². The molecule has 1 heterocycles. The number of thiazole rings is 1. The van der Waals surface area contributed by atoms with Crippen molar-refractivity contribution >= 4 is 47.1 Å². The average Bonchev–Trinajstić information content (AvgIpc) is 3.11. The number of carbonyl (C=O) groups excluding carboxylic acids is 1. The zero-order chi connectivity index (χ0) is 19.4. The Morgan fingerprint density at radius 2 is 2.07 bits per heavy atom. The van der Waals surface area contributed by atoms with E-state index in [1.807, 2.05) is 38.2 Å². The van der Waals surface area contributed by atoms with Crippen molar-refractivity contribution < 1.29 is 14.1 Å². The van der Waals surface area contributed by atoms with Crippen LogP contribution in [0.5, 0.6) is 0 Å². The first-order chi connectivity index (χ1) is 13.0. The molecule has 1 fully saturated rings. The van der Waals surface area contributed by atoms with Crippen LogP contribution in [-0.2, 0) is 9.30 Å². The molecule has 0 spiro atoms. The summed E-state index contributed by atoms with van der Waals surface area (Å²) in [5.74, 6) is 0.409. The van der Waals surface area contributed by atoms with Gasteiger partial charge < -0.3 is 10.1 Å². The van der Waals surface area contributed by atoms with E-state index in [9.17, 15) is 9.36 Å². The van der Waals surface area contributed by atoms with Gasteiger partial charge in [-0.1, -0.05) is 22.0 Å². The van der Waals surface area contributed by atoms with Gasteiger partial charge in [-0.25, -0.2) is 9.78 Å². The van der Waals surface area contributed by atoms with Crippen LogP contribution in [0.15, 0.2) is 28.9 Å². The Hall–Kier alpha value is -1.30. The number of nitrogens with zero attached hydrogens (tertiary/aromatic N) is 1. The number of amides is 1. The Morgan fingerprint density at radius 1 is 1.33 bits per heavy atom. The molecular weight excluding hydrogens is 447 g/mol. The van der Waals surface area contributed by atoms with E-state index in [2.05, 4.69) is 26.2 Å². The third-order valence-electron chi connectivity index (χ3n) is 4.59. The highest BCUT2D eigenvalue weighted by atomic mass is 79.9. The normalized spacial score (nSPS) is 20.0. The van der Waals surface area contributed by atoms with Crippen LogP contribution in [0.4, 0.5) is 4.79 Å². The van der Waals surface area contributed by atoms with Gasteiger partial charge in [-0.15, -0.1) is 11.3 Å². The lowest BCUT2D eigenvalue weighted by molar-refractivity contribution is 0.109. The maximum Gasteiger partial charge on any atom is 0.407 e. The Kier molecular flexibility index (Phi) is 7.01. The molecule has 5 nitrogen and oxygen atoms in total. The van der Waals surface area contributed by atoms with Crippen molar-refractivity contribution in [2.45, 2.75) is 57.6 Å². The standard InChI is InChI=1S/C19H22BrN2O3PS/c1-11(2)25-19(23)22-14-6-3-12(4-7-14)18-21-10-17(27-18)15-8-5-13(20)9-16(15)26-24/h5,8-12,14H,3-4,6-7H2,1-2H3,(H,22,23). The van der Waals surface area contributed by atoms with E-state index in [1.165, 1.54) is 0 Å². The molecule has 1 aliphatic carbocycles. The summed E-state index contributed by atoms with van der Waals surface area (Å²) in [5, 5.41) is 4.83. The minimum absolute atomic E-state index is 0.00552. The van der Waals surface area contributed by atoms with Crippen LogP contribution >= 0.6 is 35.7 Å². The van der Waals surface area contributed by atoms with E-state index in [0.29, 0.717) is 5.92 Å². The van der Waals surface area contributed by atoms with Crippen molar-refractivity contribution in [1.29, 1.82) is 0 Å². The molecule has 0 bridgehead atoms. The minimum Gasteiger partial charge on any atom is -0.447 e. The zero-order valence-electron chi connectivity index (χ0n) is 15.3. The third kappa shape index (κ3) is 5.37. The molecule has 3 rings (SSSR count). The Bertz CT molecular complexity index is 819. The number of alkyl carbamates (subject to hydrolysis) is 1. The Labute approximate surface area is 173 Å². The summed E-state index contributed by atoms with van der Waals surface area (Å²) < 4.78 is 17.5. The van der Waals surface area contributed by atoms with Crippen LogP contribution in [0.25, 0.3) is 10.4 Å². The van der Waals surface area contributed by atoms with Crippen molar-refractivity contribution in [3.05, 3.63) is 33.9 Å². The second kappa shape index (κ2) is 9.26. The fraction of sp³-hybridized carbons (Fsp3) is 0.474. The maximum atomic E-state index is 11.7. The van der Waals surface area contributed by atoms with Crippen LogP contribution < -0.4 is 10.6 Å². The molecule has 2 aromatic rings. The zero-order valence-corrected chi connectivity index (χ0v) is 18.6. The van der Waals surface area contributed by atoms with Gasteiger partial charge in [0.1, 0.15) is 0 Å². The highest BCUT2D eigenvalue weighted by molar-refractivity contribution is 9.10. The summed E-state index contributed by atoms with van der Waals surface area (Å²) in [5.41, 5.74) is 0.963. The van der Waals surface area contributed by atoms with Gasteiger partial charge in [0.05, 0.1) is 21.3 Å². The number of ether oxygens (including phenoxy) is 1. The van der Waals surface area contributed by atoms with Gasteiger partial charge in [-0.2, -0.15) is 0 Å². The summed E-state index contributed by atoms with van der Waals surface area (Å²) >= 11 is 5.09. The van der Waals surface area contributed by atoms with E-state index in [-0.39, 0.29) is 26.7 Å². The van der Waals surface area contributed by atoms with Crippen molar-refractivity contribution in [2.75, 3.05) is 0 Å². The first-order valence-corrected chi connectivity index (χ1v) is 11.4. The second-order valence-electron chi connectivity index (χ2n) is 6.96. The highest BCUT2D eigenvalue weighted by Crippen LogP contribution is 2.38. The molecule has 27 heavy (non-hydrogen) atoms. The molecule has 8 heteroatoms. The van der Waals surface area contributed by atoms with Gasteiger partial charge in [-0.3, -0.25) is 4.57 Å². The first-order valence-electron chi connectivity index (χ1n) is 9.02. The topological polar surface area (TPSA) is 68.3 Å². The molecule has 1 saturated carbocycles. The predicted octanol–water partition coefficient (Wildman–Crippen LogP) is 5.65. The molecule has 1 aromatic heterocycles. The van der Waals surface area contributed by atoms with Gasteiger partial charge in [0.25, 0.3) is 0 Å². The number of rotatable bonds is 5. The quantitative estimate of drug-likeness (QED) is 0.575. The SMILES string of the molecule is CC(C)OC(=O)NC1CCC(c2ncc(-c3ccc(Br)cc3P=O)s2)CC1. The fourth-order valence-electron chi connectivity index (χ4n) is 3.29. The van der Waals surface area contributed by atoms with Gasteiger partial charge in [0, 0.05) is 28.2 Å². The molecule has 1 aliphatic rings. The van der Waals surface area contributed by atoms with Crippen molar-refractivity contribution in [3.8, 4) is 10.4 Å². The smallest absolute Gasteiger partial charge is 0.407 e. The first kappa shape index (κ1) is 20.4. The van der Waals surface area contributed by atoms with E-state index >= 15 is 0 Å². The second-order valence-corrected chi connectivity index (χ2v) is 9.60.